The summed E-state index contributed by atoms with van der Waals surface area (Å²) in [6.07, 6.45) is 1.80. The van der Waals surface area contributed by atoms with E-state index in [0.29, 0.717) is 17.7 Å². The van der Waals surface area contributed by atoms with Gasteiger partial charge in [0.25, 0.3) is 5.91 Å². The van der Waals surface area contributed by atoms with Crippen LogP contribution in [0.2, 0.25) is 0 Å². The fourth-order valence-corrected chi connectivity index (χ4v) is 2.34. The van der Waals surface area contributed by atoms with E-state index in [1.165, 1.54) is 30.5 Å². The van der Waals surface area contributed by atoms with Crippen LogP contribution in [0.5, 0.6) is 0 Å². The van der Waals surface area contributed by atoms with Crippen molar-refractivity contribution in [1.29, 1.82) is 0 Å². The zero-order chi connectivity index (χ0) is 18.4. The van der Waals surface area contributed by atoms with Gasteiger partial charge in [0.2, 0.25) is 5.95 Å². The summed E-state index contributed by atoms with van der Waals surface area (Å²) in [5, 5.41) is 5.53. The van der Waals surface area contributed by atoms with Gasteiger partial charge in [0.1, 0.15) is 17.3 Å². The van der Waals surface area contributed by atoms with E-state index in [0.717, 1.165) is 0 Å². The minimum absolute atomic E-state index is 0.160. The molecule has 0 saturated heterocycles. The fourth-order valence-electron chi connectivity index (χ4n) is 2.34. The third kappa shape index (κ3) is 4.60. The molecule has 0 aliphatic heterocycles. The SMILES string of the molecule is O=C(NCCc1ccccc1F)c1ccnc(Nc2cccc(F)c2)n1. The number of rotatable bonds is 6. The van der Waals surface area contributed by atoms with Crippen LogP contribution in [0.4, 0.5) is 20.4 Å². The van der Waals surface area contributed by atoms with Gasteiger partial charge in [-0.15, -0.1) is 0 Å². The van der Waals surface area contributed by atoms with Gasteiger partial charge in [-0.3, -0.25) is 4.79 Å². The van der Waals surface area contributed by atoms with Crippen molar-refractivity contribution in [3.8, 4) is 0 Å². The molecular weight excluding hydrogens is 338 g/mol. The average molecular weight is 354 g/mol. The number of carbonyl (C=O) groups is 1. The highest BCUT2D eigenvalue weighted by atomic mass is 19.1. The maximum Gasteiger partial charge on any atom is 0.270 e. The molecule has 3 rings (SSSR count). The predicted molar refractivity (Wildman–Crippen MR) is 94.2 cm³/mol. The normalized spacial score (nSPS) is 10.4. The summed E-state index contributed by atoms with van der Waals surface area (Å²) < 4.78 is 26.8. The summed E-state index contributed by atoms with van der Waals surface area (Å²) in [5.41, 5.74) is 1.17. The van der Waals surface area contributed by atoms with Crippen molar-refractivity contribution in [1.82, 2.24) is 15.3 Å². The molecule has 0 spiro atoms. The quantitative estimate of drug-likeness (QED) is 0.711. The van der Waals surface area contributed by atoms with Crippen LogP contribution in [0.3, 0.4) is 0 Å². The summed E-state index contributed by atoms with van der Waals surface area (Å²) in [4.78, 5) is 20.3. The van der Waals surface area contributed by atoms with Gasteiger partial charge in [-0.1, -0.05) is 24.3 Å². The lowest BCUT2D eigenvalue weighted by Gasteiger charge is -2.08. The number of nitrogens with zero attached hydrogens (tertiary/aromatic N) is 2. The van der Waals surface area contributed by atoms with Crippen molar-refractivity contribution in [3.05, 3.63) is 83.7 Å². The molecule has 26 heavy (non-hydrogen) atoms. The van der Waals surface area contributed by atoms with Crippen molar-refractivity contribution in [2.24, 2.45) is 0 Å². The Labute approximate surface area is 149 Å². The van der Waals surface area contributed by atoms with Crippen molar-refractivity contribution >= 4 is 17.5 Å². The summed E-state index contributed by atoms with van der Waals surface area (Å²) in [6, 6.07) is 13.7. The topological polar surface area (TPSA) is 66.9 Å². The molecule has 7 heteroatoms. The Morgan fingerprint density at radius 2 is 1.88 bits per heavy atom. The minimum Gasteiger partial charge on any atom is -0.350 e. The number of hydrogen-bond acceptors (Lipinski definition) is 4. The number of aromatic nitrogens is 2. The van der Waals surface area contributed by atoms with Crippen LogP contribution in [0.15, 0.2) is 60.8 Å². The molecule has 0 radical (unpaired) electrons. The average Bonchev–Trinajstić information content (AvgIpc) is 2.63. The number of nitrogens with one attached hydrogen (secondary N) is 2. The molecule has 0 atom stereocenters. The highest BCUT2D eigenvalue weighted by Crippen LogP contribution is 2.14. The van der Waals surface area contributed by atoms with Crippen LogP contribution in [0.25, 0.3) is 0 Å². The van der Waals surface area contributed by atoms with Gasteiger partial charge in [-0.2, -0.15) is 0 Å². The van der Waals surface area contributed by atoms with Gasteiger partial charge in [0, 0.05) is 18.4 Å². The largest absolute Gasteiger partial charge is 0.350 e. The van der Waals surface area contributed by atoms with Crippen LogP contribution < -0.4 is 10.6 Å². The molecule has 0 fully saturated rings. The zero-order valence-corrected chi connectivity index (χ0v) is 13.7. The third-order valence-corrected chi connectivity index (χ3v) is 3.61. The van der Waals surface area contributed by atoms with E-state index in [4.69, 9.17) is 0 Å². The monoisotopic (exact) mass is 354 g/mol. The maximum atomic E-state index is 13.6. The van der Waals surface area contributed by atoms with Crippen LogP contribution in [0.1, 0.15) is 16.1 Å². The fraction of sp³-hybridized carbons (Fsp3) is 0.105. The van der Waals surface area contributed by atoms with Crippen molar-refractivity contribution in [3.63, 3.8) is 0 Å². The molecule has 0 bridgehead atoms. The molecule has 2 aromatic carbocycles. The van der Waals surface area contributed by atoms with Crippen molar-refractivity contribution in [2.45, 2.75) is 6.42 Å². The van der Waals surface area contributed by atoms with E-state index in [9.17, 15) is 13.6 Å². The molecule has 5 nitrogen and oxygen atoms in total. The van der Waals surface area contributed by atoms with Gasteiger partial charge >= 0.3 is 0 Å². The molecule has 132 valence electrons. The Balaban J connectivity index is 1.60. The summed E-state index contributed by atoms with van der Waals surface area (Å²) in [6.45, 7) is 0.274. The highest BCUT2D eigenvalue weighted by molar-refractivity contribution is 5.92. The Morgan fingerprint density at radius 1 is 1.04 bits per heavy atom. The number of benzene rings is 2. The van der Waals surface area contributed by atoms with Crippen LogP contribution >= 0.6 is 0 Å². The zero-order valence-electron chi connectivity index (χ0n) is 13.7. The third-order valence-electron chi connectivity index (χ3n) is 3.61. The lowest BCUT2D eigenvalue weighted by Crippen LogP contribution is -2.27. The molecule has 1 aromatic heterocycles. The second-order valence-electron chi connectivity index (χ2n) is 5.50. The van der Waals surface area contributed by atoms with Gasteiger partial charge < -0.3 is 10.6 Å². The molecule has 0 aliphatic carbocycles. The van der Waals surface area contributed by atoms with E-state index in [2.05, 4.69) is 20.6 Å². The van der Waals surface area contributed by atoms with Gasteiger partial charge in [0.15, 0.2) is 0 Å². The van der Waals surface area contributed by atoms with Crippen LogP contribution in [-0.4, -0.2) is 22.4 Å². The smallest absolute Gasteiger partial charge is 0.270 e. The van der Waals surface area contributed by atoms with Gasteiger partial charge in [-0.05, 0) is 42.3 Å². The highest BCUT2D eigenvalue weighted by Gasteiger charge is 2.09. The predicted octanol–water partition coefficient (Wildman–Crippen LogP) is 3.47. The molecule has 0 saturated carbocycles. The maximum absolute atomic E-state index is 13.6. The number of amides is 1. The lowest BCUT2D eigenvalue weighted by atomic mass is 10.1. The van der Waals surface area contributed by atoms with Gasteiger partial charge in [-0.25, -0.2) is 18.7 Å². The number of carbonyl (C=O) groups excluding carboxylic acids is 1. The Morgan fingerprint density at radius 3 is 2.69 bits per heavy atom. The first-order valence-corrected chi connectivity index (χ1v) is 7.99. The first-order valence-electron chi connectivity index (χ1n) is 7.99. The Bertz CT molecular complexity index is 917. The van der Waals surface area contributed by atoms with Gasteiger partial charge in [0.05, 0.1) is 0 Å². The van der Waals surface area contributed by atoms with E-state index in [-0.39, 0.29) is 24.0 Å². The molecule has 2 N–H and O–H groups in total. The molecule has 0 unspecified atom stereocenters. The second-order valence-corrected chi connectivity index (χ2v) is 5.50. The van der Waals surface area contributed by atoms with E-state index < -0.39 is 11.7 Å². The van der Waals surface area contributed by atoms with Crippen molar-refractivity contribution in [2.75, 3.05) is 11.9 Å². The molecule has 0 aliphatic rings. The van der Waals surface area contributed by atoms with Crippen molar-refractivity contribution < 1.29 is 13.6 Å². The minimum atomic E-state index is -0.397. The summed E-state index contributed by atoms with van der Waals surface area (Å²) in [7, 11) is 0. The van der Waals surface area contributed by atoms with E-state index in [1.54, 1.807) is 30.3 Å². The van der Waals surface area contributed by atoms with E-state index >= 15 is 0 Å². The summed E-state index contributed by atoms with van der Waals surface area (Å²) >= 11 is 0. The standard InChI is InChI=1S/C19H16F2N4O/c20-14-5-3-6-15(12-14)24-19-23-11-9-17(25-19)18(26)22-10-8-13-4-1-2-7-16(13)21/h1-7,9,11-12H,8,10H2,(H,22,26)(H,23,24,25). The first kappa shape index (κ1) is 17.5. The molecule has 3 aromatic rings. The molecule has 1 heterocycles. The Kier molecular flexibility index (Phi) is 5.48. The summed E-state index contributed by atoms with van der Waals surface area (Å²) in [5.74, 6) is -0.911. The Hall–Kier alpha value is -3.35. The molecule has 1 amide bonds. The second kappa shape index (κ2) is 8.15. The van der Waals surface area contributed by atoms with Crippen LogP contribution in [0, 0.1) is 11.6 Å². The van der Waals surface area contributed by atoms with Crippen LogP contribution in [-0.2, 0) is 6.42 Å². The molecular formula is C19H16F2N4O. The van der Waals surface area contributed by atoms with E-state index in [1.807, 2.05) is 0 Å². The number of halogens is 2. The number of anilines is 2. The first-order chi connectivity index (χ1) is 12.6. The lowest BCUT2D eigenvalue weighted by molar-refractivity contribution is 0.0949. The number of hydrogen-bond donors (Lipinski definition) is 2.